The van der Waals surface area contributed by atoms with Gasteiger partial charge in [0.15, 0.2) is 5.82 Å². The lowest BCUT2D eigenvalue weighted by molar-refractivity contribution is -0.117. The van der Waals surface area contributed by atoms with E-state index in [4.69, 9.17) is 16.7 Å². The molecule has 1 aliphatic rings. The summed E-state index contributed by atoms with van der Waals surface area (Å²) in [5, 5.41) is 18.7. The third-order valence-electron chi connectivity index (χ3n) is 3.65. The van der Waals surface area contributed by atoms with Crippen molar-refractivity contribution in [1.29, 1.82) is 0 Å². The summed E-state index contributed by atoms with van der Waals surface area (Å²) < 4.78 is 40.9. The number of rotatable bonds is 3. The predicted octanol–water partition coefficient (Wildman–Crippen LogP) is 1.14. The van der Waals surface area contributed by atoms with Crippen molar-refractivity contribution in [3.63, 3.8) is 0 Å². The summed E-state index contributed by atoms with van der Waals surface area (Å²) in [6.45, 7) is -0.995. The average molecular weight is 375 g/mol. The number of hydrogen-bond acceptors (Lipinski definition) is 5. The molecular weight excluding hydrogens is 363 g/mol. The number of aromatic hydroxyl groups is 1. The molecule has 1 atom stereocenters. The molecule has 0 saturated carbocycles. The molecule has 1 unspecified atom stereocenters. The fourth-order valence-electron chi connectivity index (χ4n) is 2.53. The van der Waals surface area contributed by atoms with Crippen molar-refractivity contribution in [2.24, 2.45) is 0 Å². The van der Waals surface area contributed by atoms with Gasteiger partial charge in [-0.05, 0) is 23.1 Å². The number of benzene rings is 2. The number of amides is 1. The molecule has 0 aromatic heterocycles. The maximum Gasteiger partial charge on any atom is 0.326 e. The highest BCUT2D eigenvalue weighted by Gasteiger charge is 2.37. The molecule has 0 radical (unpaired) electrons. The Bertz CT molecular complexity index is 950. The van der Waals surface area contributed by atoms with Gasteiger partial charge in [0.1, 0.15) is 18.0 Å². The third kappa shape index (κ3) is 2.64. The Labute approximate surface area is 141 Å². The lowest BCUT2D eigenvalue weighted by atomic mass is 10.0. The smallest absolute Gasteiger partial charge is 0.326 e. The molecule has 1 amide bonds. The van der Waals surface area contributed by atoms with Gasteiger partial charge in [0.2, 0.25) is 0 Å². The SMILES string of the molecule is O=C1CN(c2c(O)cc3ccc(C(Cl)CO)cc3c2F)S(=O)(=O)N1. The van der Waals surface area contributed by atoms with Gasteiger partial charge in [-0.25, -0.2) is 13.4 Å². The van der Waals surface area contributed by atoms with Crippen LogP contribution in [0.5, 0.6) is 5.75 Å². The van der Waals surface area contributed by atoms with Crippen LogP contribution in [0.15, 0.2) is 24.3 Å². The van der Waals surface area contributed by atoms with Gasteiger partial charge in [-0.15, -0.1) is 11.6 Å². The standard InChI is InChI=1S/C14H12ClFN2O5S/c15-10(6-19)8-2-1-7-4-11(20)14(13(16)9(7)3-8)18-5-12(21)17-24(18,22)23/h1-4,10,19-20H,5-6H2,(H,17,21). The topological polar surface area (TPSA) is 107 Å². The zero-order valence-electron chi connectivity index (χ0n) is 12.0. The second-order valence-electron chi connectivity index (χ2n) is 5.23. The molecule has 0 aliphatic carbocycles. The molecule has 0 spiro atoms. The zero-order chi connectivity index (χ0) is 17.6. The van der Waals surface area contributed by atoms with Crippen LogP contribution in [0.1, 0.15) is 10.9 Å². The zero-order valence-corrected chi connectivity index (χ0v) is 13.6. The highest BCUT2D eigenvalue weighted by molar-refractivity contribution is 7.92. The van der Waals surface area contributed by atoms with Gasteiger partial charge >= 0.3 is 10.2 Å². The number of hydrogen-bond donors (Lipinski definition) is 3. The van der Waals surface area contributed by atoms with Crippen LogP contribution in [0.4, 0.5) is 10.1 Å². The second-order valence-corrected chi connectivity index (χ2v) is 7.35. The number of nitrogens with zero attached hydrogens (tertiary/aromatic N) is 1. The molecule has 10 heteroatoms. The molecule has 0 bridgehead atoms. The normalized spacial score (nSPS) is 18.0. The van der Waals surface area contributed by atoms with Crippen LogP contribution in [0.25, 0.3) is 10.8 Å². The largest absolute Gasteiger partial charge is 0.506 e. The van der Waals surface area contributed by atoms with Crippen molar-refractivity contribution in [3.8, 4) is 5.75 Å². The summed E-state index contributed by atoms with van der Waals surface area (Å²) in [5.41, 5.74) is -0.186. The first-order valence-corrected chi connectivity index (χ1v) is 8.65. The van der Waals surface area contributed by atoms with E-state index < -0.39 is 45.3 Å². The molecule has 3 N–H and O–H groups in total. The number of phenolic OH excluding ortho intramolecular Hbond substituents is 1. The van der Waals surface area contributed by atoms with E-state index in [1.807, 2.05) is 0 Å². The van der Waals surface area contributed by atoms with E-state index in [9.17, 15) is 22.7 Å². The van der Waals surface area contributed by atoms with E-state index in [0.717, 1.165) is 0 Å². The fourth-order valence-corrected chi connectivity index (χ4v) is 3.83. The molecule has 3 rings (SSSR count). The maximum absolute atomic E-state index is 14.9. The molecule has 2 aromatic carbocycles. The first-order valence-electron chi connectivity index (χ1n) is 6.78. The van der Waals surface area contributed by atoms with Gasteiger partial charge < -0.3 is 10.2 Å². The fraction of sp³-hybridized carbons (Fsp3) is 0.214. The van der Waals surface area contributed by atoms with E-state index in [0.29, 0.717) is 15.3 Å². The molecule has 2 aromatic rings. The van der Waals surface area contributed by atoms with Crippen LogP contribution in [-0.4, -0.2) is 37.7 Å². The van der Waals surface area contributed by atoms with Crippen LogP contribution in [0, 0.1) is 5.82 Å². The number of carbonyl (C=O) groups excluding carboxylic acids is 1. The summed E-state index contributed by atoms with van der Waals surface area (Å²) in [4.78, 5) is 11.3. The molecule has 1 fully saturated rings. The molecule has 24 heavy (non-hydrogen) atoms. The van der Waals surface area contributed by atoms with Crippen LogP contribution < -0.4 is 9.03 Å². The molecule has 128 valence electrons. The Balaban J connectivity index is 2.24. The van der Waals surface area contributed by atoms with Crippen LogP contribution in [-0.2, 0) is 15.0 Å². The monoisotopic (exact) mass is 374 g/mol. The van der Waals surface area contributed by atoms with E-state index in [1.165, 1.54) is 18.2 Å². The van der Waals surface area contributed by atoms with Gasteiger partial charge in [0.25, 0.3) is 5.91 Å². The summed E-state index contributed by atoms with van der Waals surface area (Å²) in [5.74, 6) is -2.45. The minimum Gasteiger partial charge on any atom is -0.506 e. The number of aliphatic hydroxyl groups excluding tert-OH is 1. The Morgan fingerprint density at radius 2 is 2.08 bits per heavy atom. The van der Waals surface area contributed by atoms with Crippen molar-refractivity contribution in [2.75, 3.05) is 17.5 Å². The first-order chi connectivity index (χ1) is 11.2. The number of alkyl halides is 1. The Morgan fingerprint density at radius 1 is 1.38 bits per heavy atom. The van der Waals surface area contributed by atoms with Crippen LogP contribution in [0.3, 0.4) is 0 Å². The van der Waals surface area contributed by atoms with Gasteiger partial charge in [-0.2, -0.15) is 8.42 Å². The van der Waals surface area contributed by atoms with Gasteiger partial charge in [0, 0.05) is 5.39 Å². The molecule has 1 saturated heterocycles. The van der Waals surface area contributed by atoms with Gasteiger partial charge in [0.05, 0.1) is 12.0 Å². The van der Waals surface area contributed by atoms with Crippen molar-refractivity contribution in [1.82, 2.24) is 4.72 Å². The van der Waals surface area contributed by atoms with E-state index in [-0.39, 0.29) is 12.0 Å². The average Bonchev–Trinajstić information content (AvgIpc) is 2.79. The van der Waals surface area contributed by atoms with E-state index >= 15 is 0 Å². The minimum absolute atomic E-state index is 0.00829. The number of nitrogens with one attached hydrogen (secondary N) is 1. The third-order valence-corrected chi connectivity index (χ3v) is 5.42. The van der Waals surface area contributed by atoms with Gasteiger partial charge in [-0.1, -0.05) is 12.1 Å². The number of halogens is 2. The highest BCUT2D eigenvalue weighted by Crippen LogP contribution is 2.39. The van der Waals surface area contributed by atoms with Crippen LogP contribution >= 0.6 is 11.6 Å². The number of aliphatic hydroxyl groups is 1. The molecule has 1 heterocycles. The van der Waals surface area contributed by atoms with Crippen molar-refractivity contribution in [2.45, 2.75) is 5.38 Å². The maximum atomic E-state index is 14.9. The lowest BCUT2D eigenvalue weighted by Gasteiger charge is -2.18. The Morgan fingerprint density at radius 3 is 2.67 bits per heavy atom. The summed E-state index contributed by atoms with van der Waals surface area (Å²) in [6.07, 6.45) is 0. The minimum atomic E-state index is -4.27. The van der Waals surface area contributed by atoms with E-state index in [1.54, 1.807) is 10.8 Å². The summed E-state index contributed by atoms with van der Waals surface area (Å²) in [6, 6.07) is 5.61. The number of carbonyl (C=O) groups is 1. The van der Waals surface area contributed by atoms with E-state index in [2.05, 4.69) is 0 Å². The number of anilines is 1. The first kappa shape index (κ1) is 16.7. The molecule has 7 nitrogen and oxygen atoms in total. The van der Waals surface area contributed by atoms with Crippen LogP contribution in [0.2, 0.25) is 0 Å². The number of phenols is 1. The van der Waals surface area contributed by atoms with Crippen molar-refractivity contribution >= 4 is 44.2 Å². The molecular formula is C14H12ClFN2O5S. The van der Waals surface area contributed by atoms with Gasteiger partial charge in [-0.3, -0.25) is 4.79 Å². The van der Waals surface area contributed by atoms with Crippen molar-refractivity contribution < 1.29 is 27.8 Å². The Hall–Kier alpha value is -2.10. The lowest BCUT2D eigenvalue weighted by Crippen LogP contribution is -2.30. The second kappa shape index (κ2) is 5.76. The summed E-state index contributed by atoms with van der Waals surface area (Å²) >= 11 is 5.92. The quantitative estimate of drug-likeness (QED) is 0.698. The predicted molar refractivity (Wildman–Crippen MR) is 85.7 cm³/mol. The molecule has 1 aliphatic heterocycles. The Kier molecular flexibility index (Phi) is 4.02. The number of fused-ring (bicyclic) bond motifs is 1. The highest BCUT2D eigenvalue weighted by atomic mass is 35.5. The van der Waals surface area contributed by atoms with Crippen molar-refractivity contribution in [3.05, 3.63) is 35.6 Å². The summed E-state index contributed by atoms with van der Waals surface area (Å²) in [7, 11) is -4.27.